The summed E-state index contributed by atoms with van der Waals surface area (Å²) in [7, 11) is 0. The maximum absolute atomic E-state index is 12.3. The molecular weight excluding hydrogens is 288 g/mol. The third-order valence-electron chi connectivity index (χ3n) is 4.23. The summed E-state index contributed by atoms with van der Waals surface area (Å²) in [5, 5.41) is 3.68. The Kier molecular flexibility index (Phi) is 4.09. The van der Waals surface area contributed by atoms with Crippen molar-refractivity contribution in [3.8, 4) is 5.75 Å². The van der Waals surface area contributed by atoms with Crippen LogP contribution in [0.2, 0.25) is 5.02 Å². The molecule has 5 heteroatoms. The minimum Gasteiger partial charge on any atom is -0.479 e. The van der Waals surface area contributed by atoms with Crippen LogP contribution in [0.15, 0.2) is 24.3 Å². The number of nitrogens with one attached hydrogen (secondary N) is 1. The number of benzene rings is 1. The molecule has 0 spiro atoms. The van der Waals surface area contributed by atoms with Crippen LogP contribution in [0.5, 0.6) is 5.75 Å². The van der Waals surface area contributed by atoms with Gasteiger partial charge in [0.2, 0.25) is 0 Å². The highest BCUT2D eigenvalue weighted by Crippen LogP contribution is 2.37. The molecule has 1 aliphatic carbocycles. The molecule has 0 unspecified atom stereocenters. The third-order valence-corrected chi connectivity index (χ3v) is 4.54. The largest absolute Gasteiger partial charge is 0.479 e. The molecule has 2 aliphatic rings. The van der Waals surface area contributed by atoms with Crippen molar-refractivity contribution in [2.45, 2.75) is 37.8 Å². The Balaban J connectivity index is 1.54. The van der Waals surface area contributed by atoms with E-state index in [1.54, 1.807) is 19.1 Å². The van der Waals surface area contributed by atoms with Gasteiger partial charge in [-0.2, -0.15) is 0 Å². The molecule has 21 heavy (non-hydrogen) atoms. The Morgan fingerprint density at radius 2 is 2.14 bits per heavy atom. The standard InChI is InChI=1S/C16H21ClN2O2/c1-12(21-14-6-3-2-5-13(14)17)15(20)18-16(7-8-16)11-19-9-4-10-19/h2-3,5-6,12H,4,7-11H2,1H3,(H,18,20)/t12-/m1/s1. The van der Waals surface area contributed by atoms with Gasteiger partial charge in [0.05, 0.1) is 10.6 Å². The monoisotopic (exact) mass is 308 g/mol. The molecule has 1 saturated heterocycles. The first-order valence-electron chi connectivity index (χ1n) is 7.54. The smallest absolute Gasteiger partial charge is 0.261 e. The summed E-state index contributed by atoms with van der Waals surface area (Å²) in [5.74, 6) is 0.488. The average molecular weight is 309 g/mol. The molecule has 1 aromatic carbocycles. The van der Waals surface area contributed by atoms with Gasteiger partial charge in [0.15, 0.2) is 6.10 Å². The Morgan fingerprint density at radius 1 is 1.43 bits per heavy atom. The van der Waals surface area contributed by atoms with Gasteiger partial charge in [0.25, 0.3) is 5.91 Å². The summed E-state index contributed by atoms with van der Waals surface area (Å²) in [4.78, 5) is 14.7. The Morgan fingerprint density at radius 3 is 2.71 bits per heavy atom. The van der Waals surface area contributed by atoms with Crippen molar-refractivity contribution in [3.05, 3.63) is 29.3 Å². The Labute approximate surface area is 130 Å². The van der Waals surface area contributed by atoms with Crippen molar-refractivity contribution in [1.82, 2.24) is 10.2 Å². The molecule has 0 radical (unpaired) electrons. The molecule has 3 rings (SSSR count). The van der Waals surface area contributed by atoms with Gasteiger partial charge in [0.1, 0.15) is 5.75 Å². The van der Waals surface area contributed by atoms with Crippen LogP contribution in [0.25, 0.3) is 0 Å². The summed E-state index contributed by atoms with van der Waals surface area (Å²) in [6, 6.07) is 7.22. The Hall–Kier alpha value is -1.26. The van der Waals surface area contributed by atoms with Crippen molar-refractivity contribution in [1.29, 1.82) is 0 Å². The van der Waals surface area contributed by atoms with Crippen molar-refractivity contribution < 1.29 is 9.53 Å². The lowest BCUT2D eigenvalue weighted by Crippen LogP contribution is -2.52. The molecule has 114 valence electrons. The second-order valence-corrected chi connectivity index (χ2v) is 6.50. The number of ether oxygens (including phenoxy) is 1. The van der Waals surface area contributed by atoms with Crippen LogP contribution < -0.4 is 10.1 Å². The highest BCUT2D eigenvalue weighted by molar-refractivity contribution is 6.32. The minimum absolute atomic E-state index is 0.0182. The number of nitrogens with zero attached hydrogens (tertiary/aromatic N) is 1. The SMILES string of the molecule is C[C@@H](Oc1ccccc1Cl)C(=O)NC1(CN2CCC2)CC1. The van der Waals surface area contributed by atoms with Crippen molar-refractivity contribution >= 4 is 17.5 Å². The maximum Gasteiger partial charge on any atom is 0.261 e. The lowest BCUT2D eigenvalue weighted by Gasteiger charge is -2.35. The number of amides is 1. The summed E-state index contributed by atoms with van der Waals surface area (Å²) in [6.07, 6.45) is 2.86. The van der Waals surface area contributed by atoms with Crippen molar-refractivity contribution in [2.75, 3.05) is 19.6 Å². The zero-order valence-electron chi connectivity index (χ0n) is 12.3. The predicted octanol–water partition coefficient (Wildman–Crippen LogP) is 2.46. The average Bonchev–Trinajstić information content (AvgIpc) is 3.17. The zero-order valence-corrected chi connectivity index (χ0v) is 13.0. The highest BCUT2D eigenvalue weighted by Gasteiger charge is 2.46. The van der Waals surface area contributed by atoms with Gasteiger partial charge in [-0.3, -0.25) is 4.79 Å². The van der Waals surface area contributed by atoms with Gasteiger partial charge in [0, 0.05) is 6.54 Å². The van der Waals surface area contributed by atoms with Crippen molar-refractivity contribution in [2.24, 2.45) is 0 Å². The number of hydrogen-bond acceptors (Lipinski definition) is 3. The third kappa shape index (κ3) is 3.50. The predicted molar refractivity (Wildman–Crippen MR) is 82.7 cm³/mol. The van der Waals surface area contributed by atoms with Gasteiger partial charge in [-0.05, 0) is 51.4 Å². The number of para-hydroxylation sites is 1. The molecule has 1 N–H and O–H groups in total. The van der Waals surface area contributed by atoms with Crippen LogP contribution >= 0.6 is 11.6 Å². The minimum atomic E-state index is -0.543. The lowest BCUT2D eigenvalue weighted by molar-refractivity contribution is -0.128. The van der Waals surface area contributed by atoms with E-state index in [1.165, 1.54) is 6.42 Å². The normalized spacial score (nSPS) is 21.2. The first-order chi connectivity index (χ1) is 10.1. The highest BCUT2D eigenvalue weighted by atomic mass is 35.5. The molecule has 2 fully saturated rings. The van der Waals surface area contributed by atoms with Crippen LogP contribution in [0.4, 0.5) is 0 Å². The van der Waals surface area contributed by atoms with E-state index in [0.717, 1.165) is 32.5 Å². The van der Waals surface area contributed by atoms with E-state index < -0.39 is 6.10 Å². The number of rotatable bonds is 6. The number of carbonyl (C=O) groups excluding carboxylic acids is 1. The van der Waals surface area contributed by atoms with Crippen LogP contribution in [-0.4, -0.2) is 42.1 Å². The number of likely N-dealkylation sites (tertiary alicyclic amines) is 1. The van der Waals surface area contributed by atoms with Gasteiger partial charge in [-0.15, -0.1) is 0 Å². The quantitative estimate of drug-likeness (QED) is 0.878. The molecule has 1 atom stereocenters. The van der Waals surface area contributed by atoms with E-state index in [-0.39, 0.29) is 11.4 Å². The molecule has 1 heterocycles. The number of halogens is 1. The zero-order chi connectivity index (χ0) is 14.9. The molecule has 1 aliphatic heterocycles. The first kappa shape index (κ1) is 14.7. The molecule has 0 aromatic heterocycles. The van der Waals surface area contributed by atoms with Gasteiger partial charge in [-0.25, -0.2) is 0 Å². The second-order valence-electron chi connectivity index (χ2n) is 6.09. The van der Waals surface area contributed by atoms with Gasteiger partial charge in [-0.1, -0.05) is 23.7 Å². The second kappa shape index (κ2) is 5.85. The maximum atomic E-state index is 12.3. The molecule has 1 saturated carbocycles. The van der Waals surface area contributed by atoms with Gasteiger partial charge < -0.3 is 15.0 Å². The number of carbonyl (C=O) groups is 1. The van der Waals surface area contributed by atoms with Crippen LogP contribution in [0.3, 0.4) is 0 Å². The summed E-state index contributed by atoms with van der Waals surface area (Å²) in [6.45, 7) is 5.04. The first-order valence-corrected chi connectivity index (χ1v) is 7.91. The van der Waals surface area contributed by atoms with Crippen molar-refractivity contribution in [3.63, 3.8) is 0 Å². The lowest BCUT2D eigenvalue weighted by atomic mass is 10.1. The van der Waals surface area contributed by atoms with E-state index >= 15 is 0 Å². The van der Waals surface area contributed by atoms with E-state index in [2.05, 4.69) is 10.2 Å². The molecule has 4 nitrogen and oxygen atoms in total. The summed E-state index contributed by atoms with van der Waals surface area (Å²) >= 11 is 6.05. The van der Waals surface area contributed by atoms with E-state index in [4.69, 9.17) is 16.3 Å². The Bertz CT molecular complexity index is 527. The van der Waals surface area contributed by atoms with E-state index in [1.807, 2.05) is 12.1 Å². The van der Waals surface area contributed by atoms with Crippen LogP contribution in [-0.2, 0) is 4.79 Å². The van der Waals surface area contributed by atoms with Crippen LogP contribution in [0.1, 0.15) is 26.2 Å². The summed E-state index contributed by atoms with van der Waals surface area (Å²) in [5.41, 5.74) is -0.0182. The fourth-order valence-corrected chi connectivity index (χ4v) is 2.77. The fourth-order valence-electron chi connectivity index (χ4n) is 2.59. The van der Waals surface area contributed by atoms with E-state index in [9.17, 15) is 4.79 Å². The topological polar surface area (TPSA) is 41.6 Å². The van der Waals surface area contributed by atoms with Gasteiger partial charge >= 0.3 is 0 Å². The van der Waals surface area contributed by atoms with E-state index in [0.29, 0.717) is 10.8 Å². The molecule has 1 aromatic rings. The fraction of sp³-hybridized carbons (Fsp3) is 0.562. The number of hydrogen-bond donors (Lipinski definition) is 1. The van der Waals surface area contributed by atoms with Crippen LogP contribution in [0, 0.1) is 0 Å². The molecular formula is C16H21ClN2O2. The summed E-state index contributed by atoms with van der Waals surface area (Å²) < 4.78 is 5.67. The molecule has 0 bridgehead atoms. The molecule has 1 amide bonds.